The van der Waals surface area contributed by atoms with Crippen LogP contribution in [-0.2, 0) is 14.8 Å². The lowest BCUT2D eigenvalue weighted by molar-refractivity contribution is -0.385. The number of carbonyl (C=O) groups excluding carboxylic acids is 1. The summed E-state index contributed by atoms with van der Waals surface area (Å²) in [6.07, 6.45) is 0. The number of benzene rings is 2. The second-order valence-corrected chi connectivity index (χ2v) is 8.34. The lowest BCUT2D eigenvalue weighted by Crippen LogP contribution is -2.38. The summed E-state index contributed by atoms with van der Waals surface area (Å²) >= 11 is 0. The lowest BCUT2D eigenvalue weighted by atomic mass is 10.2. The number of nitro groups is 1. The molecule has 31 heavy (non-hydrogen) atoms. The molecule has 2 aromatic rings. The molecule has 1 aliphatic rings. The third-order valence-corrected chi connectivity index (χ3v) is 6.42. The van der Waals surface area contributed by atoms with Crippen LogP contribution in [0.5, 0.6) is 17.2 Å². The molecule has 0 fully saturated rings. The minimum absolute atomic E-state index is 0.0389. The molecule has 0 radical (unpaired) electrons. The molecule has 0 atom stereocenters. The summed E-state index contributed by atoms with van der Waals surface area (Å²) in [4.78, 5) is 22.5. The Morgan fingerprint density at radius 3 is 2.55 bits per heavy atom. The number of amides is 1. The van der Waals surface area contributed by atoms with E-state index in [1.165, 1.54) is 13.2 Å². The van der Waals surface area contributed by atoms with Crippen molar-refractivity contribution < 1.29 is 32.3 Å². The highest BCUT2D eigenvalue weighted by atomic mass is 32.2. The van der Waals surface area contributed by atoms with Crippen LogP contribution in [0.4, 0.5) is 11.4 Å². The molecule has 0 bridgehead atoms. The van der Waals surface area contributed by atoms with Crippen LogP contribution in [0.1, 0.15) is 6.92 Å². The third kappa shape index (κ3) is 4.86. The molecule has 1 amide bonds. The number of nitro benzene ring substituents is 1. The van der Waals surface area contributed by atoms with Crippen molar-refractivity contribution in [1.82, 2.24) is 4.31 Å². The van der Waals surface area contributed by atoms with Crippen molar-refractivity contribution in [3.8, 4) is 17.2 Å². The monoisotopic (exact) mass is 451 g/mol. The number of nitrogens with zero attached hydrogens (tertiary/aromatic N) is 2. The molecule has 1 N–H and O–H groups in total. The van der Waals surface area contributed by atoms with Crippen LogP contribution in [0.3, 0.4) is 0 Å². The molecule has 0 aromatic heterocycles. The van der Waals surface area contributed by atoms with E-state index in [-0.39, 0.29) is 12.3 Å². The predicted molar refractivity (Wildman–Crippen MR) is 110 cm³/mol. The maximum Gasteiger partial charge on any atom is 0.271 e. The number of fused-ring (bicyclic) bond motifs is 1. The van der Waals surface area contributed by atoms with Gasteiger partial charge < -0.3 is 19.5 Å². The largest absolute Gasteiger partial charge is 0.495 e. The first-order valence-electron chi connectivity index (χ1n) is 9.28. The number of hydrogen-bond acceptors (Lipinski definition) is 8. The molecular weight excluding hydrogens is 430 g/mol. The minimum Gasteiger partial charge on any atom is -0.495 e. The van der Waals surface area contributed by atoms with Gasteiger partial charge in [-0.3, -0.25) is 14.9 Å². The Labute approximate surface area is 178 Å². The average molecular weight is 451 g/mol. The second kappa shape index (κ2) is 9.18. The van der Waals surface area contributed by atoms with Crippen LogP contribution in [0.25, 0.3) is 0 Å². The number of hydrogen-bond donors (Lipinski definition) is 1. The summed E-state index contributed by atoms with van der Waals surface area (Å²) in [7, 11) is -3.00. The molecule has 1 aliphatic heterocycles. The third-order valence-electron chi connectivity index (χ3n) is 4.47. The minimum atomic E-state index is -4.25. The zero-order chi connectivity index (χ0) is 22.6. The summed E-state index contributed by atoms with van der Waals surface area (Å²) in [6, 6.07) is 8.10. The van der Waals surface area contributed by atoms with Gasteiger partial charge in [-0.25, -0.2) is 8.42 Å². The number of rotatable bonds is 8. The first-order chi connectivity index (χ1) is 14.8. The number of sulfonamides is 1. The van der Waals surface area contributed by atoms with Crippen LogP contribution in [0.15, 0.2) is 41.3 Å². The Kier molecular flexibility index (Phi) is 6.61. The van der Waals surface area contributed by atoms with Crippen molar-refractivity contribution in [3.63, 3.8) is 0 Å². The van der Waals surface area contributed by atoms with Crippen LogP contribution in [0, 0.1) is 10.1 Å². The SMILES string of the molecule is CCN(CC(=O)Nc1ccc2c(c1)OCCO2)S(=O)(=O)c1cc([N+](=O)[O-])ccc1OC. The lowest BCUT2D eigenvalue weighted by Gasteiger charge is -2.22. The Morgan fingerprint density at radius 2 is 1.90 bits per heavy atom. The molecule has 2 aromatic carbocycles. The van der Waals surface area contributed by atoms with E-state index in [9.17, 15) is 23.3 Å². The van der Waals surface area contributed by atoms with Crippen molar-refractivity contribution in [2.75, 3.05) is 38.7 Å². The number of anilines is 1. The highest BCUT2D eigenvalue weighted by Crippen LogP contribution is 2.33. The van der Waals surface area contributed by atoms with Gasteiger partial charge in [0, 0.05) is 30.4 Å². The van der Waals surface area contributed by atoms with Gasteiger partial charge in [0.15, 0.2) is 11.5 Å². The number of methoxy groups -OCH3 is 1. The van der Waals surface area contributed by atoms with Gasteiger partial charge in [0.25, 0.3) is 5.69 Å². The first kappa shape index (κ1) is 22.3. The Morgan fingerprint density at radius 1 is 1.19 bits per heavy atom. The number of ether oxygens (including phenoxy) is 3. The van der Waals surface area contributed by atoms with Gasteiger partial charge in [-0.15, -0.1) is 0 Å². The molecule has 0 saturated carbocycles. The van der Waals surface area contributed by atoms with E-state index in [1.54, 1.807) is 25.1 Å². The summed E-state index contributed by atoms with van der Waals surface area (Å²) < 4.78 is 43.1. The van der Waals surface area contributed by atoms with Crippen LogP contribution >= 0.6 is 0 Å². The van der Waals surface area contributed by atoms with Gasteiger partial charge in [-0.1, -0.05) is 6.92 Å². The van der Waals surface area contributed by atoms with E-state index in [2.05, 4.69) is 5.32 Å². The van der Waals surface area contributed by atoms with E-state index >= 15 is 0 Å². The number of carbonyl (C=O) groups is 1. The van der Waals surface area contributed by atoms with Crippen molar-refractivity contribution in [1.29, 1.82) is 0 Å². The molecule has 3 rings (SSSR count). The number of non-ortho nitro benzene ring substituents is 1. The molecule has 12 heteroatoms. The molecule has 0 spiro atoms. The van der Waals surface area contributed by atoms with Gasteiger partial charge in [-0.05, 0) is 18.2 Å². The summed E-state index contributed by atoms with van der Waals surface area (Å²) in [5, 5.41) is 13.7. The summed E-state index contributed by atoms with van der Waals surface area (Å²) in [5.41, 5.74) is 0.00629. The molecule has 0 aliphatic carbocycles. The smallest absolute Gasteiger partial charge is 0.271 e. The quantitative estimate of drug-likeness (QED) is 0.475. The number of likely N-dealkylation sites (N-methyl/N-ethyl adjacent to an activating group) is 1. The second-order valence-electron chi connectivity index (χ2n) is 6.43. The van der Waals surface area contributed by atoms with Gasteiger partial charge in [0.05, 0.1) is 18.6 Å². The van der Waals surface area contributed by atoms with Crippen molar-refractivity contribution in [2.45, 2.75) is 11.8 Å². The standard InChI is InChI=1S/C19H21N3O8S/c1-3-21(31(26,27)18-11-14(22(24)25)5-7-16(18)28-2)12-19(23)20-13-4-6-15-17(10-13)30-9-8-29-15/h4-7,10-11H,3,8-9,12H2,1-2H3,(H,20,23). The summed E-state index contributed by atoms with van der Waals surface area (Å²) in [6.45, 7) is 1.83. The number of nitrogens with one attached hydrogen (secondary N) is 1. The van der Waals surface area contributed by atoms with Crippen molar-refractivity contribution >= 4 is 27.3 Å². The first-order valence-corrected chi connectivity index (χ1v) is 10.7. The average Bonchev–Trinajstić information content (AvgIpc) is 2.76. The fraction of sp³-hybridized carbons (Fsp3) is 0.316. The van der Waals surface area contributed by atoms with Gasteiger partial charge in [-0.2, -0.15) is 4.31 Å². The molecule has 1 heterocycles. The summed E-state index contributed by atoms with van der Waals surface area (Å²) in [5.74, 6) is 0.382. The topological polar surface area (TPSA) is 137 Å². The Hall–Kier alpha value is -3.38. The van der Waals surface area contributed by atoms with Crippen LogP contribution < -0.4 is 19.5 Å². The van der Waals surface area contributed by atoms with E-state index in [4.69, 9.17) is 14.2 Å². The zero-order valence-corrected chi connectivity index (χ0v) is 17.7. The van der Waals surface area contributed by atoms with E-state index in [0.29, 0.717) is 30.4 Å². The Balaban J connectivity index is 1.80. The molecule has 11 nitrogen and oxygen atoms in total. The highest BCUT2D eigenvalue weighted by molar-refractivity contribution is 7.89. The van der Waals surface area contributed by atoms with Gasteiger partial charge in [0.1, 0.15) is 23.9 Å². The van der Waals surface area contributed by atoms with E-state index in [0.717, 1.165) is 16.4 Å². The highest BCUT2D eigenvalue weighted by Gasteiger charge is 2.30. The molecule has 166 valence electrons. The zero-order valence-electron chi connectivity index (χ0n) is 16.9. The maximum absolute atomic E-state index is 13.1. The molecule has 0 saturated heterocycles. The van der Waals surface area contributed by atoms with Crippen molar-refractivity contribution in [3.05, 3.63) is 46.5 Å². The maximum atomic E-state index is 13.1. The molecule has 0 unspecified atom stereocenters. The predicted octanol–water partition coefficient (Wildman–Crippen LogP) is 2.02. The van der Waals surface area contributed by atoms with E-state index < -0.39 is 38.0 Å². The normalized spacial score (nSPS) is 13.0. The fourth-order valence-corrected chi connectivity index (χ4v) is 4.55. The van der Waals surface area contributed by atoms with E-state index in [1.807, 2.05) is 0 Å². The Bertz CT molecular complexity index is 1100. The van der Waals surface area contributed by atoms with Gasteiger partial charge in [0.2, 0.25) is 15.9 Å². The fourth-order valence-electron chi connectivity index (χ4n) is 2.97. The van der Waals surface area contributed by atoms with Gasteiger partial charge >= 0.3 is 0 Å². The molecular formula is C19H21N3O8S. The van der Waals surface area contributed by atoms with Crippen molar-refractivity contribution in [2.24, 2.45) is 0 Å². The van der Waals surface area contributed by atoms with Crippen LogP contribution in [-0.4, -0.2) is 57.0 Å². The van der Waals surface area contributed by atoms with Crippen LogP contribution in [0.2, 0.25) is 0 Å².